The highest BCUT2D eigenvalue weighted by molar-refractivity contribution is 7.20. The fraction of sp³-hybridized carbons (Fsp3) is 0. The Morgan fingerprint density at radius 2 is 2.15 bits per heavy atom. The Hall–Kier alpha value is -2.11. The van der Waals surface area contributed by atoms with Crippen molar-refractivity contribution in [2.45, 2.75) is 0 Å². The second kappa shape index (κ2) is 5.90. The molecule has 3 heterocycles. The van der Waals surface area contributed by atoms with Gasteiger partial charge in [0.1, 0.15) is 5.01 Å². The van der Waals surface area contributed by atoms with Crippen LogP contribution < -0.4 is 0 Å². The van der Waals surface area contributed by atoms with Gasteiger partial charge in [-0.2, -0.15) is 0 Å². The molecule has 3 rings (SSSR count). The molecule has 0 atom stereocenters. The maximum Gasteiger partial charge on any atom is 0.187 e. The van der Waals surface area contributed by atoms with Crippen LogP contribution in [0.15, 0.2) is 53.5 Å². The molecule has 5 heteroatoms. The highest BCUT2D eigenvalue weighted by Gasteiger charge is 2.05. The molecule has 0 saturated heterocycles. The minimum atomic E-state index is -0.0660. The third-order valence-electron chi connectivity index (χ3n) is 2.61. The monoisotopic (exact) mass is 298 g/mol. The van der Waals surface area contributed by atoms with Crippen LogP contribution in [0.25, 0.3) is 16.0 Å². The third kappa shape index (κ3) is 2.89. The summed E-state index contributed by atoms with van der Waals surface area (Å²) >= 11 is 3.24. The fourth-order valence-corrected chi connectivity index (χ4v) is 3.24. The topological polar surface area (TPSA) is 42.9 Å². The minimum Gasteiger partial charge on any atom is -0.289 e. The highest BCUT2D eigenvalue weighted by Crippen LogP contribution is 2.28. The molecule has 0 saturated carbocycles. The molecule has 0 fully saturated rings. The van der Waals surface area contributed by atoms with Crippen molar-refractivity contribution in [2.75, 3.05) is 0 Å². The molecule has 0 aliphatic rings. The standard InChI is InChI=1S/C15H10N2OS2/c18-13(11-3-1-7-16-9-11)6-5-12-10-20-15(17-12)14-4-2-8-19-14/h1-10H/b6-5+. The normalized spacial score (nSPS) is 11.0. The molecule has 98 valence electrons. The van der Waals surface area contributed by atoms with Crippen LogP contribution >= 0.6 is 22.7 Å². The molecule has 0 N–H and O–H groups in total. The molecule has 20 heavy (non-hydrogen) atoms. The Morgan fingerprint density at radius 1 is 1.20 bits per heavy atom. The van der Waals surface area contributed by atoms with E-state index in [1.54, 1.807) is 53.3 Å². The van der Waals surface area contributed by atoms with Crippen molar-refractivity contribution in [3.05, 3.63) is 64.8 Å². The Balaban J connectivity index is 1.75. The molecule has 0 aromatic carbocycles. The van der Waals surface area contributed by atoms with Crippen LogP contribution in [0.5, 0.6) is 0 Å². The Labute approximate surface area is 124 Å². The summed E-state index contributed by atoms with van der Waals surface area (Å²) in [5.41, 5.74) is 1.38. The summed E-state index contributed by atoms with van der Waals surface area (Å²) in [7, 11) is 0. The first-order chi connectivity index (χ1) is 9.83. The Bertz CT molecular complexity index is 730. The van der Waals surface area contributed by atoms with Gasteiger partial charge in [-0.15, -0.1) is 22.7 Å². The lowest BCUT2D eigenvalue weighted by atomic mass is 10.2. The number of thiophene rings is 1. The maximum absolute atomic E-state index is 11.9. The third-order valence-corrected chi connectivity index (χ3v) is 4.51. The number of ketones is 1. The van der Waals surface area contributed by atoms with Gasteiger partial charge >= 0.3 is 0 Å². The van der Waals surface area contributed by atoms with Gasteiger partial charge in [-0.05, 0) is 35.7 Å². The second-order valence-corrected chi connectivity index (χ2v) is 5.80. The van der Waals surface area contributed by atoms with Crippen molar-refractivity contribution in [1.29, 1.82) is 0 Å². The summed E-state index contributed by atoms with van der Waals surface area (Å²) < 4.78 is 0. The summed E-state index contributed by atoms with van der Waals surface area (Å²) in [5.74, 6) is -0.0660. The number of allylic oxidation sites excluding steroid dienone is 1. The second-order valence-electron chi connectivity index (χ2n) is 3.99. The number of pyridine rings is 1. The maximum atomic E-state index is 11.9. The molecule has 0 spiro atoms. The van der Waals surface area contributed by atoms with E-state index in [0.717, 1.165) is 15.6 Å². The highest BCUT2D eigenvalue weighted by atomic mass is 32.1. The number of nitrogens with zero attached hydrogens (tertiary/aromatic N) is 2. The van der Waals surface area contributed by atoms with Crippen LogP contribution in [0.3, 0.4) is 0 Å². The summed E-state index contributed by atoms with van der Waals surface area (Å²) in [4.78, 5) is 21.5. The van der Waals surface area contributed by atoms with E-state index in [9.17, 15) is 4.79 Å². The van der Waals surface area contributed by atoms with Gasteiger partial charge in [-0.1, -0.05) is 6.07 Å². The first-order valence-corrected chi connectivity index (χ1v) is 7.71. The average Bonchev–Trinajstić information content (AvgIpc) is 3.16. The van der Waals surface area contributed by atoms with E-state index < -0.39 is 0 Å². The van der Waals surface area contributed by atoms with Crippen molar-refractivity contribution >= 4 is 34.5 Å². The van der Waals surface area contributed by atoms with Gasteiger partial charge in [0, 0.05) is 23.3 Å². The van der Waals surface area contributed by atoms with E-state index in [0.29, 0.717) is 5.56 Å². The van der Waals surface area contributed by atoms with E-state index in [1.165, 1.54) is 6.08 Å². The first-order valence-electron chi connectivity index (χ1n) is 5.95. The number of thiazole rings is 1. The van der Waals surface area contributed by atoms with Crippen molar-refractivity contribution in [3.63, 3.8) is 0 Å². The molecule has 0 aliphatic carbocycles. The van der Waals surface area contributed by atoms with Gasteiger partial charge in [0.2, 0.25) is 0 Å². The molecule has 0 aliphatic heterocycles. The lowest BCUT2D eigenvalue weighted by molar-refractivity contribution is 0.104. The molecule has 0 unspecified atom stereocenters. The fourth-order valence-electron chi connectivity index (χ4n) is 1.64. The van der Waals surface area contributed by atoms with Gasteiger partial charge in [-0.25, -0.2) is 4.98 Å². The van der Waals surface area contributed by atoms with E-state index in [2.05, 4.69) is 9.97 Å². The molecular weight excluding hydrogens is 288 g/mol. The van der Waals surface area contributed by atoms with Crippen LogP contribution in [0.1, 0.15) is 16.1 Å². The van der Waals surface area contributed by atoms with Gasteiger partial charge < -0.3 is 0 Å². The number of aromatic nitrogens is 2. The molecule has 0 amide bonds. The van der Waals surface area contributed by atoms with Gasteiger partial charge in [0.15, 0.2) is 5.78 Å². The zero-order valence-corrected chi connectivity index (χ0v) is 12.0. The van der Waals surface area contributed by atoms with Crippen LogP contribution in [-0.4, -0.2) is 15.8 Å². The predicted molar refractivity (Wildman–Crippen MR) is 83.0 cm³/mol. The quantitative estimate of drug-likeness (QED) is 0.536. The van der Waals surface area contributed by atoms with Crippen molar-refractivity contribution in [2.24, 2.45) is 0 Å². The summed E-state index contributed by atoms with van der Waals surface area (Å²) in [6, 6.07) is 7.54. The number of hydrogen-bond acceptors (Lipinski definition) is 5. The molecular formula is C15H10N2OS2. The molecule has 0 bridgehead atoms. The SMILES string of the molecule is O=C(/C=C/c1csc(-c2cccs2)n1)c1cccnc1. The Morgan fingerprint density at radius 3 is 2.90 bits per heavy atom. The van der Waals surface area contributed by atoms with Crippen LogP contribution in [0.2, 0.25) is 0 Å². The zero-order valence-electron chi connectivity index (χ0n) is 10.4. The summed E-state index contributed by atoms with van der Waals surface area (Å²) in [6.45, 7) is 0. The smallest absolute Gasteiger partial charge is 0.187 e. The number of hydrogen-bond donors (Lipinski definition) is 0. The Kier molecular flexibility index (Phi) is 3.80. The van der Waals surface area contributed by atoms with E-state index in [-0.39, 0.29) is 5.78 Å². The first kappa shape index (κ1) is 12.9. The molecule has 3 aromatic rings. The number of carbonyl (C=O) groups excluding carboxylic acids is 1. The van der Waals surface area contributed by atoms with Crippen molar-refractivity contribution in [1.82, 2.24) is 9.97 Å². The largest absolute Gasteiger partial charge is 0.289 e. The van der Waals surface area contributed by atoms with E-state index in [1.807, 2.05) is 22.9 Å². The number of rotatable bonds is 4. The summed E-state index contributed by atoms with van der Waals surface area (Å²) in [5, 5.41) is 4.95. The van der Waals surface area contributed by atoms with E-state index in [4.69, 9.17) is 0 Å². The van der Waals surface area contributed by atoms with E-state index >= 15 is 0 Å². The molecule has 3 aromatic heterocycles. The number of carbonyl (C=O) groups is 1. The average molecular weight is 298 g/mol. The van der Waals surface area contributed by atoms with Gasteiger partial charge in [0.05, 0.1) is 10.6 Å². The lowest BCUT2D eigenvalue weighted by Crippen LogP contribution is -1.93. The molecule has 0 radical (unpaired) electrons. The summed E-state index contributed by atoms with van der Waals surface area (Å²) in [6.07, 6.45) is 6.48. The predicted octanol–water partition coefficient (Wildman–Crippen LogP) is 4.16. The minimum absolute atomic E-state index is 0.0660. The van der Waals surface area contributed by atoms with Gasteiger partial charge in [0.25, 0.3) is 0 Å². The van der Waals surface area contributed by atoms with Crippen LogP contribution in [0, 0.1) is 0 Å². The van der Waals surface area contributed by atoms with Gasteiger partial charge in [-0.3, -0.25) is 9.78 Å². The van der Waals surface area contributed by atoms with Crippen LogP contribution in [-0.2, 0) is 0 Å². The van der Waals surface area contributed by atoms with Crippen molar-refractivity contribution in [3.8, 4) is 9.88 Å². The lowest BCUT2D eigenvalue weighted by Gasteiger charge is -1.92. The van der Waals surface area contributed by atoms with Crippen LogP contribution in [0.4, 0.5) is 0 Å². The molecule has 3 nitrogen and oxygen atoms in total. The zero-order chi connectivity index (χ0) is 13.8. The van der Waals surface area contributed by atoms with Crippen molar-refractivity contribution < 1.29 is 4.79 Å².